The summed E-state index contributed by atoms with van der Waals surface area (Å²) < 4.78 is 5.17. The summed E-state index contributed by atoms with van der Waals surface area (Å²) in [7, 11) is 1.56. The second-order valence-corrected chi connectivity index (χ2v) is 5.15. The van der Waals surface area contributed by atoms with Crippen LogP contribution in [-0.4, -0.2) is 27.8 Å². The molecule has 0 radical (unpaired) electrons. The Hall–Kier alpha value is -2.64. The lowest BCUT2D eigenvalue weighted by Crippen LogP contribution is -2.27. The van der Waals surface area contributed by atoms with Crippen LogP contribution in [-0.2, 0) is 0 Å². The first-order chi connectivity index (χ1) is 11.1. The van der Waals surface area contributed by atoms with Crippen molar-refractivity contribution in [2.45, 2.75) is 6.10 Å². The van der Waals surface area contributed by atoms with E-state index in [9.17, 15) is 9.90 Å². The summed E-state index contributed by atoms with van der Waals surface area (Å²) in [5.74, 6) is 0.261. The van der Waals surface area contributed by atoms with Crippen LogP contribution in [0.15, 0.2) is 50.9 Å². The zero-order valence-electron chi connectivity index (χ0n) is 12.1. The number of hydrazone groups is 1. The normalized spacial score (nSPS) is 13.3. The molecule has 3 rings (SSSR count). The lowest BCUT2D eigenvalue weighted by Gasteiger charge is -2.11. The molecule has 0 amide bonds. The summed E-state index contributed by atoms with van der Waals surface area (Å²) in [6.45, 7) is 0. The predicted octanol–water partition coefficient (Wildman–Crippen LogP) is 1.83. The number of benzene rings is 1. The number of fused-ring (bicyclic) bond motifs is 1. The Kier molecular flexibility index (Phi) is 4.14. The van der Waals surface area contributed by atoms with Crippen LogP contribution < -0.4 is 11.0 Å². The third-order valence-corrected chi connectivity index (χ3v) is 3.44. The smallest absolute Gasteiger partial charge is 0.276 e. The minimum Gasteiger partial charge on any atom is -0.466 e. The molecule has 7 nitrogen and oxygen atoms in total. The van der Waals surface area contributed by atoms with Crippen molar-refractivity contribution in [1.82, 2.24) is 15.4 Å². The summed E-state index contributed by atoms with van der Waals surface area (Å²) in [4.78, 5) is 19.3. The monoisotopic (exact) mass is 332 g/mol. The molecule has 3 N–H and O–H groups in total. The number of aliphatic hydroxyl groups is 1. The number of halogens is 1. The standard InChI is InChI=1S/C15H13ClN4O3/c1-17-20-12(14(21)11-3-2-6-23-11)13-15(22)19-10-7-8(16)4-5-9(10)18-13/h2-7,14,17,21H,1H3,(H,19,22)/b20-12+/t14-/m0/s1. The van der Waals surface area contributed by atoms with Gasteiger partial charge in [-0.1, -0.05) is 11.6 Å². The van der Waals surface area contributed by atoms with Gasteiger partial charge < -0.3 is 19.9 Å². The fraction of sp³-hybridized carbons (Fsp3) is 0.133. The van der Waals surface area contributed by atoms with Crippen molar-refractivity contribution in [2.24, 2.45) is 5.10 Å². The molecule has 118 valence electrons. The molecule has 0 aliphatic carbocycles. The van der Waals surface area contributed by atoms with E-state index in [-0.39, 0.29) is 17.2 Å². The molecule has 0 bridgehead atoms. The molecule has 8 heteroatoms. The second kappa shape index (κ2) is 6.23. The number of nitrogens with zero attached hydrogens (tertiary/aromatic N) is 2. The van der Waals surface area contributed by atoms with Gasteiger partial charge in [0.1, 0.15) is 11.5 Å². The highest BCUT2D eigenvalue weighted by molar-refractivity contribution is 6.31. The zero-order valence-corrected chi connectivity index (χ0v) is 12.8. The van der Waals surface area contributed by atoms with E-state index in [1.165, 1.54) is 6.26 Å². The summed E-state index contributed by atoms with van der Waals surface area (Å²) in [6.07, 6.45) is 0.200. The van der Waals surface area contributed by atoms with Gasteiger partial charge in [0.2, 0.25) is 0 Å². The van der Waals surface area contributed by atoms with Crippen LogP contribution in [0.3, 0.4) is 0 Å². The van der Waals surface area contributed by atoms with E-state index in [1.54, 1.807) is 37.4 Å². The maximum Gasteiger partial charge on any atom is 0.276 e. The minimum atomic E-state index is -1.23. The number of aromatic nitrogens is 2. The quantitative estimate of drug-likeness (QED) is 0.499. The van der Waals surface area contributed by atoms with Gasteiger partial charge in [-0.25, -0.2) is 4.98 Å². The van der Waals surface area contributed by atoms with Crippen LogP contribution in [0.25, 0.3) is 11.0 Å². The van der Waals surface area contributed by atoms with Gasteiger partial charge in [0.05, 0.1) is 17.3 Å². The molecule has 2 aromatic heterocycles. The molecule has 0 saturated heterocycles. The van der Waals surface area contributed by atoms with Crippen LogP contribution in [0.4, 0.5) is 0 Å². The zero-order chi connectivity index (χ0) is 16.4. The average Bonchev–Trinajstić information content (AvgIpc) is 3.06. The van der Waals surface area contributed by atoms with Gasteiger partial charge in [-0.15, -0.1) is 0 Å². The van der Waals surface area contributed by atoms with E-state index in [1.807, 2.05) is 0 Å². The lowest BCUT2D eigenvalue weighted by atomic mass is 10.1. The van der Waals surface area contributed by atoms with E-state index in [0.29, 0.717) is 16.1 Å². The second-order valence-electron chi connectivity index (χ2n) is 4.71. The van der Waals surface area contributed by atoms with Crippen LogP contribution in [0.1, 0.15) is 17.6 Å². The van der Waals surface area contributed by atoms with Crippen molar-refractivity contribution >= 4 is 28.3 Å². The predicted molar refractivity (Wildman–Crippen MR) is 86.6 cm³/mol. The number of hydrogen-bond acceptors (Lipinski definition) is 6. The van der Waals surface area contributed by atoms with E-state index in [0.717, 1.165) is 0 Å². The van der Waals surface area contributed by atoms with Crippen LogP contribution in [0, 0.1) is 0 Å². The fourth-order valence-electron chi connectivity index (χ4n) is 2.18. The summed E-state index contributed by atoms with van der Waals surface area (Å²) in [5.41, 5.74) is 3.16. The molecule has 2 heterocycles. The fourth-order valence-corrected chi connectivity index (χ4v) is 2.35. The van der Waals surface area contributed by atoms with Crippen molar-refractivity contribution in [2.75, 3.05) is 7.05 Å². The van der Waals surface area contributed by atoms with Crippen molar-refractivity contribution < 1.29 is 9.52 Å². The molecular weight excluding hydrogens is 320 g/mol. The van der Waals surface area contributed by atoms with Gasteiger partial charge in [-0.3, -0.25) is 4.79 Å². The van der Waals surface area contributed by atoms with E-state index in [4.69, 9.17) is 16.0 Å². The largest absolute Gasteiger partial charge is 0.466 e. The third-order valence-electron chi connectivity index (χ3n) is 3.20. The average molecular weight is 333 g/mol. The van der Waals surface area contributed by atoms with Crippen LogP contribution >= 0.6 is 11.6 Å². The number of aliphatic hydroxyl groups excluding tert-OH is 1. The number of hydrogen-bond donors (Lipinski definition) is 3. The number of rotatable bonds is 4. The Balaban J connectivity index is 2.15. The Morgan fingerprint density at radius 3 is 3.00 bits per heavy atom. The highest BCUT2D eigenvalue weighted by Crippen LogP contribution is 2.19. The van der Waals surface area contributed by atoms with E-state index < -0.39 is 11.7 Å². The molecule has 3 aromatic rings. The number of nitrogens with one attached hydrogen (secondary N) is 2. The lowest BCUT2D eigenvalue weighted by molar-refractivity contribution is 0.214. The molecule has 0 spiro atoms. The number of H-pyrrole nitrogens is 1. The summed E-state index contributed by atoms with van der Waals surface area (Å²) in [6, 6.07) is 8.16. The van der Waals surface area contributed by atoms with Gasteiger partial charge in [0.25, 0.3) is 5.56 Å². The Bertz CT molecular complexity index is 918. The topological polar surface area (TPSA) is 104 Å². The van der Waals surface area contributed by atoms with Gasteiger partial charge >= 0.3 is 0 Å². The minimum absolute atomic E-state index is 0.00178. The molecule has 0 saturated carbocycles. The van der Waals surface area contributed by atoms with Crippen molar-refractivity contribution in [1.29, 1.82) is 0 Å². The van der Waals surface area contributed by atoms with E-state index >= 15 is 0 Å². The summed E-state index contributed by atoms with van der Waals surface area (Å²) in [5, 5.41) is 14.9. The molecular formula is C15H13ClN4O3. The number of furan rings is 1. The van der Waals surface area contributed by atoms with Gasteiger partial charge in [-0.2, -0.15) is 5.10 Å². The molecule has 0 unspecified atom stereocenters. The molecule has 0 aliphatic rings. The maximum absolute atomic E-state index is 12.3. The molecule has 1 atom stereocenters. The summed E-state index contributed by atoms with van der Waals surface area (Å²) >= 11 is 5.91. The maximum atomic E-state index is 12.3. The first kappa shape index (κ1) is 15.3. The van der Waals surface area contributed by atoms with E-state index in [2.05, 4.69) is 20.5 Å². The van der Waals surface area contributed by atoms with Gasteiger partial charge in [-0.05, 0) is 30.3 Å². The molecule has 1 aromatic carbocycles. The van der Waals surface area contributed by atoms with Crippen molar-refractivity contribution in [3.8, 4) is 0 Å². The van der Waals surface area contributed by atoms with Gasteiger partial charge in [0, 0.05) is 12.1 Å². The Morgan fingerprint density at radius 2 is 2.30 bits per heavy atom. The van der Waals surface area contributed by atoms with Gasteiger partial charge in [0.15, 0.2) is 11.8 Å². The van der Waals surface area contributed by atoms with Crippen LogP contribution in [0.2, 0.25) is 5.02 Å². The molecule has 0 fully saturated rings. The Labute approximate surface area is 135 Å². The molecule has 0 aliphatic heterocycles. The first-order valence-corrected chi connectivity index (χ1v) is 7.13. The highest BCUT2D eigenvalue weighted by atomic mass is 35.5. The van der Waals surface area contributed by atoms with Crippen molar-refractivity contribution in [3.05, 3.63) is 63.4 Å². The van der Waals surface area contributed by atoms with Crippen LogP contribution in [0.5, 0.6) is 0 Å². The van der Waals surface area contributed by atoms with Crippen molar-refractivity contribution in [3.63, 3.8) is 0 Å². The third kappa shape index (κ3) is 2.96. The molecule has 23 heavy (non-hydrogen) atoms. The Morgan fingerprint density at radius 1 is 1.48 bits per heavy atom. The SMILES string of the molecule is CN/N=C(\c1nc2ccc(Cl)cc2[nH]c1=O)[C@@H](O)c1ccco1. The highest BCUT2D eigenvalue weighted by Gasteiger charge is 2.24. The first-order valence-electron chi connectivity index (χ1n) is 6.76. The number of aromatic amines is 1.